The molecule has 0 unspecified atom stereocenters. The molecule has 0 radical (unpaired) electrons. The van der Waals surface area contributed by atoms with Crippen molar-refractivity contribution in [1.29, 1.82) is 0 Å². The van der Waals surface area contributed by atoms with Gasteiger partial charge in [0.25, 0.3) is 5.56 Å². The molecule has 1 N–H and O–H groups in total. The summed E-state index contributed by atoms with van der Waals surface area (Å²) in [5.74, 6) is -0.473. The van der Waals surface area contributed by atoms with Crippen LogP contribution in [0.2, 0.25) is 15.1 Å². The number of halogens is 3. The van der Waals surface area contributed by atoms with Crippen molar-refractivity contribution in [2.75, 3.05) is 5.32 Å². The number of hydrogen-bond acceptors (Lipinski definition) is 4. The summed E-state index contributed by atoms with van der Waals surface area (Å²) in [5, 5.41) is 5.47. The van der Waals surface area contributed by atoms with E-state index in [1.54, 1.807) is 47.8 Å². The molecule has 2 aromatic carbocycles. The molecule has 6 nitrogen and oxygen atoms in total. The van der Waals surface area contributed by atoms with E-state index in [4.69, 9.17) is 34.8 Å². The van der Waals surface area contributed by atoms with E-state index < -0.39 is 17.2 Å². The predicted octanol–water partition coefficient (Wildman–Crippen LogP) is 4.81. The van der Waals surface area contributed by atoms with E-state index in [9.17, 15) is 14.4 Å². The average molecular weight is 481 g/mol. The molecule has 0 aliphatic carbocycles. The molecule has 0 atom stereocenters. The lowest BCUT2D eigenvalue weighted by atomic mass is 10.3. The van der Waals surface area contributed by atoms with Crippen LogP contribution in [-0.2, 0) is 11.3 Å². The Labute approximate surface area is 188 Å². The third-order valence-electron chi connectivity index (χ3n) is 4.27. The van der Waals surface area contributed by atoms with Gasteiger partial charge in [0, 0.05) is 20.8 Å². The van der Waals surface area contributed by atoms with Crippen molar-refractivity contribution < 1.29 is 4.79 Å². The minimum absolute atomic E-state index is 0.308. The molecule has 0 aliphatic rings. The van der Waals surface area contributed by atoms with Gasteiger partial charge in [-0.15, -0.1) is 11.3 Å². The van der Waals surface area contributed by atoms with Crippen molar-refractivity contribution >= 4 is 68.0 Å². The molecule has 152 valence electrons. The summed E-state index contributed by atoms with van der Waals surface area (Å²) in [6.45, 7) is -0.308. The van der Waals surface area contributed by atoms with Crippen LogP contribution in [0.5, 0.6) is 0 Å². The molecular weight excluding hydrogens is 469 g/mol. The molecule has 2 aromatic heterocycles. The van der Waals surface area contributed by atoms with Crippen LogP contribution in [-0.4, -0.2) is 15.0 Å². The second kappa shape index (κ2) is 8.28. The molecule has 10 heteroatoms. The van der Waals surface area contributed by atoms with Crippen LogP contribution in [0.4, 0.5) is 5.69 Å². The largest absolute Gasteiger partial charge is 0.336 e. The van der Waals surface area contributed by atoms with Crippen molar-refractivity contribution in [3.8, 4) is 5.69 Å². The van der Waals surface area contributed by atoms with Crippen molar-refractivity contribution in [3.05, 3.63) is 89.8 Å². The third kappa shape index (κ3) is 4.02. The summed E-state index contributed by atoms with van der Waals surface area (Å²) in [5.41, 5.74) is -0.00981. The number of rotatable bonds is 4. The molecule has 0 fully saturated rings. The fraction of sp³-hybridized carbons (Fsp3) is 0.0500. The Morgan fingerprint density at radius 1 is 0.967 bits per heavy atom. The van der Waals surface area contributed by atoms with E-state index in [2.05, 4.69) is 5.32 Å². The molecule has 0 saturated heterocycles. The molecule has 0 bridgehead atoms. The van der Waals surface area contributed by atoms with Gasteiger partial charge in [0.2, 0.25) is 5.91 Å². The second-order valence-corrected chi connectivity index (χ2v) is 8.56. The number of hydrogen-bond donors (Lipinski definition) is 1. The highest BCUT2D eigenvalue weighted by molar-refractivity contribution is 7.17. The summed E-state index contributed by atoms with van der Waals surface area (Å²) >= 11 is 19.1. The van der Waals surface area contributed by atoms with Crippen LogP contribution in [0.15, 0.2) is 63.5 Å². The monoisotopic (exact) mass is 479 g/mol. The number of carbonyl (C=O) groups is 1. The number of aromatic nitrogens is 2. The van der Waals surface area contributed by atoms with Gasteiger partial charge in [-0.3, -0.25) is 14.2 Å². The van der Waals surface area contributed by atoms with Crippen LogP contribution >= 0.6 is 46.1 Å². The number of nitrogens with zero attached hydrogens (tertiary/aromatic N) is 2. The third-order valence-corrected chi connectivity index (χ3v) is 5.83. The maximum Gasteiger partial charge on any atom is 0.336 e. The Bertz CT molecular complexity index is 1390. The van der Waals surface area contributed by atoms with Gasteiger partial charge in [0.05, 0.1) is 11.2 Å². The molecule has 0 aliphatic heterocycles. The van der Waals surface area contributed by atoms with E-state index in [0.717, 1.165) is 4.57 Å². The second-order valence-electron chi connectivity index (χ2n) is 6.33. The minimum Gasteiger partial charge on any atom is -0.324 e. The van der Waals surface area contributed by atoms with Gasteiger partial charge in [-0.1, -0.05) is 40.9 Å². The molecule has 1 amide bonds. The van der Waals surface area contributed by atoms with Gasteiger partial charge in [-0.25, -0.2) is 9.36 Å². The van der Waals surface area contributed by atoms with E-state index >= 15 is 0 Å². The Balaban J connectivity index is 1.79. The van der Waals surface area contributed by atoms with Gasteiger partial charge in [0.15, 0.2) is 0 Å². The molecule has 4 rings (SSSR count). The first-order valence-corrected chi connectivity index (χ1v) is 10.6. The lowest BCUT2D eigenvalue weighted by molar-refractivity contribution is -0.116. The van der Waals surface area contributed by atoms with Crippen molar-refractivity contribution in [2.24, 2.45) is 0 Å². The smallest absolute Gasteiger partial charge is 0.324 e. The predicted molar refractivity (Wildman–Crippen MR) is 122 cm³/mol. The molecule has 0 spiro atoms. The molecular formula is C20H12Cl3N3O3S. The van der Waals surface area contributed by atoms with Gasteiger partial charge in [-0.05, 0) is 47.8 Å². The first-order valence-electron chi connectivity index (χ1n) is 8.58. The molecule has 4 aromatic rings. The fourth-order valence-electron chi connectivity index (χ4n) is 3.05. The number of amides is 1. The first-order chi connectivity index (χ1) is 14.3. The van der Waals surface area contributed by atoms with Crippen LogP contribution in [0.25, 0.3) is 15.9 Å². The highest BCUT2D eigenvalue weighted by Crippen LogP contribution is 2.23. The van der Waals surface area contributed by atoms with Gasteiger partial charge >= 0.3 is 5.69 Å². The summed E-state index contributed by atoms with van der Waals surface area (Å²) in [6.07, 6.45) is 0. The Hall–Kier alpha value is -2.58. The Kier molecular flexibility index (Phi) is 5.71. The highest BCUT2D eigenvalue weighted by Gasteiger charge is 2.18. The van der Waals surface area contributed by atoms with E-state index in [1.165, 1.54) is 22.0 Å². The first kappa shape index (κ1) is 20.7. The van der Waals surface area contributed by atoms with Crippen molar-refractivity contribution in [1.82, 2.24) is 9.13 Å². The minimum atomic E-state index is -0.646. The Morgan fingerprint density at radius 3 is 2.40 bits per heavy atom. The zero-order chi connectivity index (χ0) is 21.4. The standard InChI is InChI=1S/C20H12Cl3N3O3S/c21-11-2-1-3-15(9-11)26-19(28)18-16(4-5-30-18)25(20(26)29)10-17(27)24-14-7-12(22)6-13(23)8-14/h1-9H,10H2,(H,24,27). The van der Waals surface area contributed by atoms with Crippen LogP contribution in [0.3, 0.4) is 0 Å². The lowest BCUT2D eigenvalue weighted by Crippen LogP contribution is -2.40. The Morgan fingerprint density at radius 2 is 1.70 bits per heavy atom. The zero-order valence-corrected chi connectivity index (χ0v) is 18.1. The number of benzene rings is 2. The number of carbonyl (C=O) groups excluding carboxylic acids is 1. The van der Waals surface area contributed by atoms with E-state index in [1.807, 2.05) is 0 Å². The van der Waals surface area contributed by atoms with Crippen LogP contribution in [0.1, 0.15) is 0 Å². The number of thiophene rings is 1. The van der Waals surface area contributed by atoms with Gasteiger partial charge in [0.1, 0.15) is 11.2 Å². The molecule has 30 heavy (non-hydrogen) atoms. The van der Waals surface area contributed by atoms with Gasteiger partial charge in [-0.2, -0.15) is 0 Å². The normalized spacial score (nSPS) is 11.0. The topological polar surface area (TPSA) is 73.1 Å². The van der Waals surface area contributed by atoms with Crippen molar-refractivity contribution in [2.45, 2.75) is 6.54 Å². The number of fused-ring (bicyclic) bond motifs is 1. The lowest BCUT2D eigenvalue weighted by Gasteiger charge is -2.13. The summed E-state index contributed by atoms with van der Waals surface area (Å²) in [4.78, 5) is 38.7. The maximum absolute atomic E-state index is 13.2. The SMILES string of the molecule is O=C(Cn1c(=O)n(-c2cccc(Cl)c2)c(=O)c2sccc21)Nc1cc(Cl)cc(Cl)c1. The van der Waals surface area contributed by atoms with Crippen molar-refractivity contribution in [3.63, 3.8) is 0 Å². The van der Waals surface area contributed by atoms with Crippen LogP contribution < -0.4 is 16.6 Å². The fourth-order valence-corrected chi connectivity index (χ4v) is 4.59. The van der Waals surface area contributed by atoms with Crippen LogP contribution in [0, 0.1) is 0 Å². The molecule has 0 saturated carbocycles. The summed E-state index contributed by atoms with van der Waals surface area (Å²) in [7, 11) is 0. The average Bonchev–Trinajstić information content (AvgIpc) is 3.14. The van der Waals surface area contributed by atoms with E-state index in [0.29, 0.717) is 36.7 Å². The van der Waals surface area contributed by atoms with Gasteiger partial charge < -0.3 is 5.32 Å². The highest BCUT2D eigenvalue weighted by atomic mass is 35.5. The maximum atomic E-state index is 13.2. The zero-order valence-electron chi connectivity index (χ0n) is 15.1. The molecule has 2 heterocycles. The van der Waals surface area contributed by atoms with E-state index in [-0.39, 0.29) is 6.54 Å². The summed E-state index contributed by atoms with van der Waals surface area (Å²) in [6, 6.07) is 12.7. The number of nitrogens with one attached hydrogen (secondary N) is 1. The summed E-state index contributed by atoms with van der Waals surface area (Å²) < 4.78 is 2.61. The quantitative estimate of drug-likeness (QED) is 0.455. The number of anilines is 1.